The Balaban J connectivity index is 2.15. The molecule has 0 fully saturated rings. The van der Waals surface area contributed by atoms with Crippen LogP contribution in [-0.4, -0.2) is 16.2 Å². The average Bonchev–Trinajstić information content (AvgIpc) is 2.75. The van der Waals surface area contributed by atoms with Crippen molar-refractivity contribution in [2.75, 3.05) is 5.01 Å². The number of hydrogen-bond acceptors (Lipinski definition) is 4. The number of benzene rings is 2. The first-order valence-corrected chi connectivity index (χ1v) is 6.32. The van der Waals surface area contributed by atoms with Gasteiger partial charge in [-0.2, -0.15) is 0 Å². The smallest absolute Gasteiger partial charge is 0.336 e. The molecule has 1 aliphatic heterocycles. The summed E-state index contributed by atoms with van der Waals surface area (Å²) in [7, 11) is 0. The number of para-hydroxylation sites is 1. The van der Waals surface area contributed by atoms with Crippen LogP contribution in [0.25, 0.3) is 0 Å². The van der Waals surface area contributed by atoms with Gasteiger partial charge in [-0.15, -0.1) is 5.12 Å². The average molecular weight is 269 g/mol. The van der Waals surface area contributed by atoms with Gasteiger partial charge in [0.2, 0.25) is 0 Å². The molecule has 0 radical (unpaired) electrons. The zero-order chi connectivity index (χ0) is 14.3. The number of fused-ring (bicyclic) bond motifs is 1. The second-order valence-corrected chi connectivity index (χ2v) is 4.79. The number of nitrogens with zero attached hydrogens (tertiary/aromatic N) is 2. The highest BCUT2D eigenvalue weighted by atomic mass is 16.4. The van der Waals surface area contributed by atoms with Crippen LogP contribution in [0.15, 0.2) is 42.5 Å². The molecule has 5 nitrogen and oxygen atoms in total. The van der Waals surface area contributed by atoms with Crippen LogP contribution in [0.4, 0.5) is 11.4 Å². The van der Waals surface area contributed by atoms with Crippen molar-refractivity contribution in [2.24, 2.45) is 5.84 Å². The summed E-state index contributed by atoms with van der Waals surface area (Å²) in [6, 6.07) is 13.1. The van der Waals surface area contributed by atoms with Crippen LogP contribution in [0.1, 0.15) is 21.5 Å². The van der Waals surface area contributed by atoms with Gasteiger partial charge in [0.15, 0.2) is 0 Å². The third-order valence-electron chi connectivity index (χ3n) is 3.57. The normalized spacial score (nSPS) is 14.4. The fourth-order valence-corrected chi connectivity index (χ4v) is 2.59. The minimum Gasteiger partial charge on any atom is -0.478 e. The Kier molecular flexibility index (Phi) is 2.93. The van der Waals surface area contributed by atoms with Crippen LogP contribution in [0.3, 0.4) is 0 Å². The van der Waals surface area contributed by atoms with Crippen molar-refractivity contribution in [3.63, 3.8) is 0 Å². The monoisotopic (exact) mass is 269 g/mol. The summed E-state index contributed by atoms with van der Waals surface area (Å²) in [5, 5.41) is 12.7. The summed E-state index contributed by atoms with van der Waals surface area (Å²) in [6.45, 7) is 2.40. The van der Waals surface area contributed by atoms with Crippen molar-refractivity contribution >= 4 is 17.3 Å². The molecule has 0 unspecified atom stereocenters. The maximum absolute atomic E-state index is 11.3. The molecular weight excluding hydrogens is 254 g/mol. The molecule has 0 aliphatic carbocycles. The Hall–Kier alpha value is -2.37. The van der Waals surface area contributed by atoms with Crippen molar-refractivity contribution in [2.45, 2.75) is 13.5 Å². The third kappa shape index (κ3) is 1.84. The molecule has 1 heterocycles. The molecule has 1 aliphatic rings. The first-order valence-electron chi connectivity index (χ1n) is 6.32. The highest BCUT2D eigenvalue weighted by Gasteiger charge is 2.27. The molecule has 3 N–H and O–H groups in total. The number of anilines is 2. The zero-order valence-electron chi connectivity index (χ0n) is 11.1. The number of rotatable bonds is 2. The van der Waals surface area contributed by atoms with E-state index in [1.807, 2.05) is 35.3 Å². The van der Waals surface area contributed by atoms with Gasteiger partial charge in [0.1, 0.15) is 0 Å². The van der Waals surface area contributed by atoms with E-state index in [1.54, 1.807) is 24.2 Å². The molecule has 102 valence electrons. The van der Waals surface area contributed by atoms with Crippen molar-refractivity contribution in [3.8, 4) is 0 Å². The topological polar surface area (TPSA) is 69.8 Å². The van der Waals surface area contributed by atoms with E-state index in [1.165, 1.54) is 0 Å². The Morgan fingerprint density at radius 1 is 1.15 bits per heavy atom. The Morgan fingerprint density at radius 2 is 1.85 bits per heavy atom. The minimum atomic E-state index is -0.930. The molecule has 0 amide bonds. The standard InChI is InChI=1S/C15H15N3O2/c1-10-12(15(19)20)6-4-8-13(10)18-14-7-3-2-5-11(14)9-17(18)16/h2-8H,9,16H2,1H3,(H,19,20). The second-order valence-electron chi connectivity index (χ2n) is 4.79. The number of carboxylic acid groups (broad SMARTS) is 1. The first-order chi connectivity index (χ1) is 9.59. The molecule has 2 aromatic carbocycles. The molecular formula is C15H15N3O2. The maximum atomic E-state index is 11.3. The first kappa shape index (κ1) is 12.7. The van der Waals surface area contributed by atoms with Crippen molar-refractivity contribution in [1.29, 1.82) is 0 Å². The highest BCUT2D eigenvalue weighted by Crippen LogP contribution is 2.37. The number of nitrogens with two attached hydrogens (primary N) is 1. The van der Waals surface area contributed by atoms with Gasteiger partial charge in [-0.25, -0.2) is 10.6 Å². The van der Waals surface area contributed by atoms with Gasteiger partial charge in [0.25, 0.3) is 0 Å². The largest absolute Gasteiger partial charge is 0.478 e. The second kappa shape index (κ2) is 4.63. The summed E-state index contributed by atoms with van der Waals surface area (Å²) >= 11 is 0. The minimum absolute atomic E-state index is 0.292. The summed E-state index contributed by atoms with van der Waals surface area (Å²) in [4.78, 5) is 11.3. The summed E-state index contributed by atoms with van der Waals surface area (Å²) in [5.74, 6) is 5.14. The predicted octanol–water partition coefficient (Wildman–Crippen LogP) is 2.44. The Labute approximate surface area is 116 Å². The zero-order valence-corrected chi connectivity index (χ0v) is 11.1. The van der Waals surface area contributed by atoms with E-state index in [9.17, 15) is 9.90 Å². The molecule has 0 saturated heterocycles. The van der Waals surface area contributed by atoms with E-state index in [4.69, 9.17) is 5.84 Å². The van der Waals surface area contributed by atoms with Crippen LogP contribution in [0.2, 0.25) is 0 Å². The molecule has 0 atom stereocenters. The van der Waals surface area contributed by atoms with Crippen molar-refractivity contribution < 1.29 is 9.90 Å². The molecule has 0 aromatic heterocycles. The molecule has 0 spiro atoms. The molecule has 3 rings (SSSR count). The SMILES string of the molecule is Cc1c(C(=O)O)cccc1N1c2ccccc2CN1N. The van der Waals surface area contributed by atoms with Gasteiger partial charge in [-0.05, 0) is 36.2 Å². The third-order valence-corrected chi connectivity index (χ3v) is 3.57. The molecule has 0 saturated carbocycles. The van der Waals surface area contributed by atoms with Crippen molar-refractivity contribution in [1.82, 2.24) is 5.12 Å². The van der Waals surface area contributed by atoms with Crippen LogP contribution in [0.5, 0.6) is 0 Å². The van der Waals surface area contributed by atoms with E-state index in [2.05, 4.69) is 0 Å². The number of aromatic carboxylic acids is 1. The van der Waals surface area contributed by atoms with Gasteiger partial charge in [-0.3, -0.25) is 5.01 Å². The Morgan fingerprint density at radius 3 is 2.60 bits per heavy atom. The summed E-state index contributed by atoms with van der Waals surface area (Å²) in [5.41, 5.74) is 3.89. The summed E-state index contributed by atoms with van der Waals surface area (Å²) < 4.78 is 0. The fourth-order valence-electron chi connectivity index (χ4n) is 2.59. The lowest BCUT2D eigenvalue weighted by atomic mass is 10.1. The Bertz CT molecular complexity index is 685. The highest BCUT2D eigenvalue weighted by molar-refractivity contribution is 5.92. The van der Waals surface area contributed by atoms with Gasteiger partial charge in [0.05, 0.1) is 23.5 Å². The lowest BCUT2D eigenvalue weighted by molar-refractivity contribution is 0.0696. The number of carbonyl (C=O) groups is 1. The van der Waals surface area contributed by atoms with Crippen LogP contribution < -0.4 is 10.9 Å². The van der Waals surface area contributed by atoms with Crippen LogP contribution in [-0.2, 0) is 6.54 Å². The number of hydrazine groups is 2. The van der Waals surface area contributed by atoms with Crippen LogP contribution >= 0.6 is 0 Å². The lowest BCUT2D eigenvalue weighted by Gasteiger charge is -2.28. The van der Waals surface area contributed by atoms with Crippen molar-refractivity contribution in [3.05, 3.63) is 59.2 Å². The number of carboxylic acids is 1. The molecule has 5 heteroatoms. The predicted molar refractivity (Wildman–Crippen MR) is 76.4 cm³/mol. The summed E-state index contributed by atoms with van der Waals surface area (Å²) in [6.07, 6.45) is 0. The lowest BCUT2D eigenvalue weighted by Crippen LogP contribution is -2.39. The van der Waals surface area contributed by atoms with E-state index >= 15 is 0 Å². The van der Waals surface area contributed by atoms with E-state index < -0.39 is 5.97 Å². The van der Waals surface area contributed by atoms with E-state index in [0.29, 0.717) is 17.7 Å². The quantitative estimate of drug-likeness (QED) is 0.819. The maximum Gasteiger partial charge on any atom is 0.336 e. The van der Waals surface area contributed by atoms with Gasteiger partial charge in [0, 0.05) is 0 Å². The van der Waals surface area contributed by atoms with Gasteiger partial charge < -0.3 is 5.11 Å². The fraction of sp³-hybridized carbons (Fsp3) is 0.133. The number of hydrogen-bond donors (Lipinski definition) is 2. The van der Waals surface area contributed by atoms with Gasteiger partial charge in [-0.1, -0.05) is 24.3 Å². The molecule has 20 heavy (non-hydrogen) atoms. The van der Waals surface area contributed by atoms with Crippen LogP contribution in [0, 0.1) is 6.92 Å². The van der Waals surface area contributed by atoms with E-state index in [0.717, 1.165) is 16.9 Å². The molecule has 0 bridgehead atoms. The molecule has 2 aromatic rings. The van der Waals surface area contributed by atoms with E-state index in [-0.39, 0.29) is 0 Å². The van der Waals surface area contributed by atoms with Gasteiger partial charge >= 0.3 is 5.97 Å².